The van der Waals surface area contributed by atoms with Crippen molar-refractivity contribution in [2.24, 2.45) is 0 Å². The summed E-state index contributed by atoms with van der Waals surface area (Å²) in [6.07, 6.45) is 0. The topological polar surface area (TPSA) is 54.7 Å². The van der Waals surface area contributed by atoms with Crippen LogP contribution in [-0.2, 0) is 0 Å². The number of nitrogens with zero attached hydrogens (tertiary/aromatic N) is 1. The first-order chi connectivity index (χ1) is 9.13. The highest BCUT2D eigenvalue weighted by Gasteiger charge is 2.08. The lowest BCUT2D eigenvalue weighted by atomic mass is 10.2. The van der Waals surface area contributed by atoms with Gasteiger partial charge in [-0.05, 0) is 36.8 Å². The van der Waals surface area contributed by atoms with Crippen LogP contribution in [0.5, 0.6) is 0 Å². The van der Waals surface area contributed by atoms with Crippen LogP contribution in [0.3, 0.4) is 0 Å². The number of para-hydroxylation sites is 2. The summed E-state index contributed by atoms with van der Waals surface area (Å²) >= 11 is 7.62. The minimum absolute atomic E-state index is 0.573. The Labute approximate surface area is 120 Å². The number of nitrogens with two attached hydrogens (primary N) is 1. The molecule has 3 nitrogen and oxygen atoms in total. The second-order valence-corrected chi connectivity index (χ2v) is 5.74. The number of hydrogen-bond acceptors (Lipinski definition) is 3. The highest BCUT2D eigenvalue weighted by Crippen LogP contribution is 2.34. The average molecular weight is 290 g/mol. The van der Waals surface area contributed by atoms with Gasteiger partial charge in [0.15, 0.2) is 5.16 Å². The Morgan fingerprint density at radius 3 is 2.84 bits per heavy atom. The van der Waals surface area contributed by atoms with Crippen molar-refractivity contribution in [1.82, 2.24) is 9.97 Å². The molecule has 0 fully saturated rings. The quantitative estimate of drug-likeness (QED) is 0.693. The second kappa shape index (κ2) is 4.79. The van der Waals surface area contributed by atoms with Gasteiger partial charge in [0, 0.05) is 4.90 Å². The Morgan fingerprint density at radius 1 is 1.26 bits per heavy atom. The number of aryl methyl sites for hydroxylation is 1. The van der Waals surface area contributed by atoms with Gasteiger partial charge in [-0.25, -0.2) is 4.98 Å². The maximum Gasteiger partial charge on any atom is 0.171 e. The van der Waals surface area contributed by atoms with Crippen molar-refractivity contribution in [3.63, 3.8) is 0 Å². The summed E-state index contributed by atoms with van der Waals surface area (Å²) < 4.78 is 0. The van der Waals surface area contributed by atoms with Gasteiger partial charge in [0.25, 0.3) is 0 Å². The third-order valence-electron chi connectivity index (χ3n) is 2.87. The Morgan fingerprint density at radius 2 is 2.05 bits per heavy atom. The van der Waals surface area contributed by atoms with Gasteiger partial charge >= 0.3 is 0 Å². The molecule has 0 atom stereocenters. The van der Waals surface area contributed by atoms with Gasteiger partial charge in [0.2, 0.25) is 0 Å². The van der Waals surface area contributed by atoms with Crippen LogP contribution in [0.25, 0.3) is 11.0 Å². The standard InChI is InChI=1S/C14H12ClN3S/c1-8-6-10(16)9(15)7-13(8)19-14-17-11-4-2-3-5-12(11)18-14/h2-7H,16H2,1H3,(H,17,18). The van der Waals surface area contributed by atoms with Crippen LogP contribution in [0, 0.1) is 6.92 Å². The summed E-state index contributed by atoms with van der Waals surface area (Å²) in [5.41, 5.74) is 9.47. The molecular weight excluding hydrogens is 278 g/mol. The van der Waals surface area contributed by atoms with Crippen molar-refractivity contribution < 1.29 is 0 Å². The van der Waals surface area contributed by atoms with Crippen molar-refractivity contribution in [3.8, 4) is 0 Å². The molecule has 0 radical (unpaired) electrons. The van der Waals surface area contributed by atoms with E-state index < -0.39 is 0 Å². The fourth-order valence-electron chi connectivity index (χ4n) is 1.88. The number of fused-ring (bicyclic) bond motifs is 1. The first kappa shape index (κ1) is 12.4. The zero-order chi connectivity index (χ0) is 13.4. The Kier molecular flexibility index (Phi) is 3.12. The van der Waals surface area contributed by atoms with Crippen molar-refractivity contribution >= 4 is 40.1 Å². The number of nitrogens with one attached hydrogen (secondary N) is 1. The number of imidazole rings is 1. The van der Waals surface area contributed by atoms with Gasteiger partial charge in [0.05, 0.1) is 21.7 Å². The predicted molar refractivity (Wildman–Crippen MR) is 80.8 cm³/mol. The van der Waals surface area contributed by atoms with E-state index in [1.807, 2.05) is 43.3 Å². The van der Waals surface area contributed by atoms with E-state index in [0.29, 0.717) is 10.7 Å². The molecule has 0 unspecified atom stereocenters. The molecule has 1 heterocycles. The number of benzene rings is 2. The van der Waals surface area contributed by atoms with Crippen LogP contribution in [0.4, 0.5) is 5.69 Å². The first-order valence-electron chi connectivity index (χ1n) is 5.82. The fourth-order valence-corrected chi connectivity index (χ4v) is 3.02. The molecule has 1 aromatic heterocycles. The molecule has 0 spiro atoms. The van der Waals surface area contributed by atoms with Gasteiger partial charge in [-0.2, -0.15) is 0 Å². The van der Waals surface area contributed by atoms with Gasteiger partial charge in [-0.3, -0.25) is 0 Å². The second-order valence-electron chi connectivity index (χ2n) is 4.30. The molecule has 0 bridgehead atoms. The van der Waals surface area contributed by atoms with E-state index in [1.165, 1.54) is 0 Å². The predicted octanol–water partition coefficient (Wildman–Crippen LogP) is 4.26. The summed E-state index contributed by atoms with van der Waals surface area (Å²) in [6.45, 7) is 2.01. The van der Waals surface area contributed by atoms with E-state index in [9.17, 15) is 0 Å². The SMILES string of the molecule is Cc1cc(N)c(Cl)cc1Sc1nc2ccccc2[nH]1. The number of H-pyrrole nitrogens is 1. The number of nitrogen functional groups attached to an aromatic ring is 1. The lowest BCUT2D eigenvalue weighted by Gasteiger charge is -2.06. The van der Waals surface area contributed by atoms with Crippen LogP contribution in [0.2, 0.25) is 5.02 Å². The normalized spacial score (nSPS) is 11.1. The molecule has 0 aliphatic rings. The number of halogens is 1. The van der Waals surface area contributed by atoms with Gasteiger partial charge < -0.3 is 10.7 Å². The minimum Gasteiger partial charge on any atom is -0.398 e. The monoisotopic (exact) mass is 289 g/mol. The van der Waals surface area contributed by atoms with E-state index in [2.05, 4.69) is 9.97 Å². The third-order valence-corrected chi connectivity index (χ3v) is 4.24. The fraction of sp³-hybridized carbons (Fsp3) is 0.0714. The molecule has 3 rings (SSSR count). The average Bonchev–Trinajstić information content (AvgIpc) is 2.78. The number of hydrogen-bond donors (Lipinski definition) is 2. The van der Waals surface area contributed by atoms with Crippen molar-refractivity contribution in [1.29, 1.82) is 0 Å². The van der Waals surface area contributed by atoms with Crippen LogP contribution in [0.1, 0.15) is 5.56 Å². The highest BCUT2D eigenvalue weighted by molar-refractivity contribution is 7.99. The lowest BCUT2D eigenvalue weighted by Crippen LogP contribution is -1.89. The van der Waals surface area contributed by atoms with Crippen LogP contribution in [0.15, 0.2) is 46.5 Å². The zero-order valence-electron chi connectivity index (χ0n) is 10.3. The third kappa shape index (κ3) is 2.41. The number of aromatic amines is 1. The summed E-state index contributed by atoms with van der Waals surface area (Å²) in [4.78, 5) is 8.87. The number of aromatic nitrogens is 2. The molecule has 19 heavy (non-hydrogen) atoms. The maximum atomic E-state index is 6.06. The Hall–Kier alpha value is -1.65. The summed E-state index contributed by atoms with van der Waals surface area (Å²) in [7, 11) is 0. The number of rotatable bonds is 2. The number of anilines is 1. The molecule has 0 amide bonds. The molecule has 0 saturated carbocycles. The summed E-state index contributed by atoms with van der Waals surface area (Å²) in [5, 5.41) is 1.43. The maximum absolute atomic E-state index is 6.06. The summed E-state index contributed by atoms with van der Waals surface area (Å²) in [5.74, 6) is 0. The molecular formula is C14H12ClN3S. The van der Waals surface area contributed by atoms with Gasteiger partial charge in [-0.15, -0.1) is 0 Å². The van der Waals surface area contributed by atoms with Crippen LogP contribution in [-0.4, -0.2) is 9.97 Å². The van der Waals surface area contributed by atoms with E-state index in [1.54, 1.807) is 11.8 Å². The highest BCUT2D eigenvalue weighted by atomic mass is 35.5. The van der Waals surface area contributed by atoms with Gasteiger partial charge in [-0.1, -0.05) is 35.5 Å². The summed E-state index contributed by atoms with van der Waals surface area (Å²) in [6, 6.07) is 11.7. The Balaban J connectivity index is 1.98. The van der Waals surface area contributed by atoms with Crippen molar-refractivity contribution in [2.45, 2.75) is 17.0 Å². The van der Waals surface area contributed by atoms with Crippen LogP contribution < -0.4 is 5.73 Å². The van der Waals surface area contributed by atoms with E-state index >= 15 is 0 Å². The minimum atomic E-state index is 0.573. The molecule has 3 N–H and O–H groups in total. The molecule has 5 heteroatoms. The molecule has 2 aromatic carbocycles. The molecule has 3 aromatic rings. The molecule has 96 valence electrons. The van der Waals surface area contributed by atoms with E-state index in [0.717, 1.165) is 26.6 Å². The lowest BCUT2D eigenvalue weighted by molar-refractivity contribution is 1.08. The molecule has 0 aliphatic heterocycles. The van der Waals surface area contributed by atoms with Crippen LogP contribution >= 0.6 is 23.4 Å². The van der Waals surface area contributed by atoms with E-state index in [4.69, 9.17) is 17.3 Å². The van der Waals surface area contributed by atoms with Crippen molar-refractivity contribution in [2.75, 3.05) is 5.73 Å². The van der Waals surface area contributed by atoms with Crippen molar-refractivity contribution in [3.05, 3.63) is 47.0 Å². The largest absolute Gasteiger partial charge is 0.398 e. The smallest absolute Gasteiger partial charge is 0.171 e. The Bertz CT molecular complexity index is 719. The van der Waals surface area contributed by atoms with Gasteiger partial charge in [0.1, 0.15) is 0 Å². The zero-order valence-corrected chi connectivity index (χ0v) is 11.8. The molecule has 0 saturated heterocycles. The van der Waals surface area contributed by atoms with E-state index in [-0.39, 0.29) is 0 Å². The molecule has 0 aliphatic carbocycles. The first-order valence-corrected chi connectivity index (χ1v) is 7.01.